The zero-order chi connectivity index (χ0) is 25.0. The third-order valence-electron chi connectivity index (χ3n) is 5.40. The highest BCUT2D eigenvalue weighted by Crippen LogP contribution is 2.36. The number of benzene rings is 2. The first-order chi connectivity index (χ1) is 15.4. The maximum atomic E-state index is 7.13. The minimum absolute atomic E-state index is 0.157. The molecule has 0 aliphatic rings. The van der Waals surface area contributed by atoms with Crippen LogP contribution in [0.25, 0.3) is 0 Å². The topological polar surface area (TPSA) is 42.2 Å². The molecule has 0 fully saturated rings. The number of thiocyanates is 1. The highest BCUT2D eigenvalue weighted by Gasteiger charge is 2.27. The standard InChI is InChI=1S/C27H42NO2.CHNS/c1-26(2,3)22-27(4,5)24-13-15-25(16-14-24)30-20-19-29-18-17-28(6,7)21-23-11-9-8-10-12-23;2-1-3/h8-16H,17-22H2,1-7H3;3H/q+1;/p-1. The Hall–Kier alpha value is -2.13. The molecular weight excluding hydrogens is 428 g/mol. The van der Waals surface area contributed by atoms with Gasteiger partial charge in [0.2, 0.25) is 0 Å². The first kappa shape index (κ1) is 28.9. The van der Waals surface area contributed by atoms with Gasteiger partial charge in [-0.05, 0) is 34.9 Å². The molecule has 2 aromatic rings. The predicted octanol–water partition coefficient (Wildman–Crippen LogP) is 6.09. The van der Waals surface area contributed by atoms with Crippen LogP contribution >= 0.6 is 0 Å². The third-order valence-corrected chi connectivity index (χ3v) is 5.40. The predicted molar refractivity (Wildman–Crippen MR) is 140 cm³/mol. The molecule has 2 rings (SSSR count). The van der Waals surface area contributed by atoms with E-state index in [4.69, 9.17) is 14.7 Å². The summed E-state index contributed by atoms with van der Waals surface area (Å²) >= 11 is 3.70. The van der Waals surface area contributed by atoms with E-state index < -0.39 is 0 Å². The average molecular weight is 471 g/mol. The van der Waals surface area contributed by atoms with Crippen molar-refractivity contribution in [3.8, 4) is 11.2 Å². The Morgan fingerprint density at radius 1 is 0.879 bits per heavy atom. The molecule has 0 radical (unpaired) electrons. The highest BCUT2D eigenvalue weighted by atomic mass is 32.1. The molecular formula is C28H42N2O2S. The van der Waals surface area contributed by atoms with Gasteiger partial charge in [-0.15, -0.1) is 0 Å². The lowest BCUT2D eigenvalue weighted by Crippen LogP contribution is -2.41. The van der Waals surface area contributed by atoms with E-state index in [1.807, 2.05) is 0 Å². The van der Waals surface area contributed by atoms with E-state index >= 15 is 0 Å². The van der Waals surface area contributed by atoms with E-state index in [0.717, 1.165) is 36.3 Å². The molecule has 0 spiro atoms. The SMILES string of the molecule is CC(C)(C)CC(C)(C)c1ccc(OCCOCC[N+](C)(C)Cc2ccccc2)cc1.N#C[S-]. The Balaban J connectivity index is 0.00000172. The van der Waals surface area contributed by atoms with Crippen LogP contribution in [0.5, 0.6) is 5.75 Å². The second kappa shape index (κ2) is 13.5. The van der Waals surface area contributed by atoms with Crippen LogP contribution in [0.3, 0.4) is 0 Å². The lowest BCUT2D eigenvalue weighted by Gasteiger charge is -2.33. The van der Waals surface area contributed by atoms with Crippen LogP contribution in [-0.4, -0.2) is 44.9 Å². The van der Waals surface area contributed by atoms with E-state index in [2.05, 4.69) is 116 Å². The van der Waals surface area contributed by atoms with Gasteiger partial charge in [0.05, 0.1) is 27.3 Å². The second-order valence-corrected chi connectivity index (χ2v) is 11.2. The molecule has 0 amide bonds. The summed E-state index contributed by atoms with van der Waals surface area (Å²) in [5, 5.41) is 8.47. The Bertz CT molecular complexity index is 835. The van der Waals surface area contributed by atoms with Crippen molar-refractivity contribution >= 4 is 12.6 Å². The zero-order valence-corrected chi connectivity index (χ0v) is 22.4. The molecule has 2 aromatic carbocycles. The summed E-state index contributed by atoms with van der Waals surface area (Å²) in [5.74, 6) is 0.911. The molecule has 0 atom stereocenters. The first-order valence-corrected chi connectivity index (χ1v) is 12.0. The second-order valence-electron chi connectivity index (χ2n) is 11.0. The fourth-order valence-electron chi connectivity index (χ4n) is 4.22. The smallest absolute Gasteiger partial charge is 0.119 e. The minimum atomic E-state index is 0.157. The number of quaternary nitrogens is 1. The van der Waals surface area contributed by atoms with Crippen molar-refractivity contribution in [1.82, 2.24) is 0 Å². The Morgan fingerprint density at radius 2 is 1.45 bits per heavy atom. The number of rotatable bonds is 11. The van der Waals surface area contributed by atoms with Crippen LogP contribution in [0, 0.1) is 16.1 Å². The fourth-order valence-corrected chi connectivity index (χ4v) is 4.22. The summed E-state index contributed by atoms with van der Waals surface area (Å²) in [6.45, 7) is 15.5. The van der Waals surface area contributed by atoms with Crippen LogP contribution < -0.4 is 4.74 Å². The molecule has 4 nitrogen and oxygen atoms in total. The molecule has 0 aliphatic heterocycles. The van der Waals surface area contributed by atoms with Crippen molar-refractivity contribution in [2.24, 2.45) is 5.41 Å². The summed E-state index contributed by atoms with van der Waals surface area (Å²) in [5.41, 5.74) is 3.19. The summed E-state index contributed by atoms with van der Waals surface area (Å²) < 4.78 is 12.6. The monoisotopic (exact) mass is 470 g/mol. The van der Waals surface area contributed by atoms with Crippen LogP contribution in [0.1, 0.15) is 52.2 Å². The summed E-state index contributed by atoms with van der Waals surface area (Å²) in [6, 6.07) is 19.2. The Morgan fingerprint density at radius 3 is 2.00 bits per heavy atom. The van der Waals surface area contributed by atoms with Gasteiger partial charge >= 0.3 is 0 Å². The Kier molecular flexibility index (Phi) is 11.9. The summed E-state index contributed by atoms with van der Waals surface area (Å²) in [4.78, 5) is 0. The quantitative estimate of drug-likeness (QED) is 0.173. The van der Waals surface area contributed by atoms with Gasteiger partial charge in [0.15, 0.2) is 0 Å². The molecule has 0 saturated carbocycles. The van der Waals surface area contributed by atoms with Crippen molar-refractivity contribution in [2.75, 3.05) is 40.5 Å². The molecule has 182 valence electrons. The average Bonchev–Trinajstić information content (AvgIpc) is 2.70. The van der Waals surface area contributed by atoms with Crippen LogP contribution in [-0.2, 0) is 29.3 Å². The molecule has 0 aromatic heterocycles. The number of nitrogens with zero attached hydrogens (tertiary/aromatic N) is 2. The van der Waals surface area contributed by atoms with Crippen molar-refractivity contribution in [2.45, 2.75) is 53.0 Å². The molecule has 0 unspecified atom stereocenters. The number of nitriles is 1. The normalized spacial score (nSPS) is 11.8. The van der Waals surface area contributed by atoms with Crippen LogP contribution in [0.4, 0.5) is 0 Å². The van der Waals surface area contributed by atoms with Crippen molar-refractivity contribution in [3.63, 3.8) is 0 Å². The fraction of sp³-hybridized carbons (Fsp3) is 0.536. The maximum absolute atomic E-state index is 7.13. The number of likely N-dealkylation sites (N-methyl/N-ethyl adjacent to an activating group) is 1. The molecule has 33 heavy (non-hydrogen) atoms. The van der Waals surface area contributed by atoms with Gasteiger partial charge in [0.25, 0.3) is 0 Å². The Labute approximate surface area is 207 Å². The maximum Gasteiger partial charge on any atom is 0.119 e. The lowest BCUT2D eigenvalue weighted by atomic mass is 9.72. The molecule has 0 saturated heterocycles. The van der Waals surface area contributed by atoms with Gasteiger partial charge < -0.3 is 26.6 Å². The molecule has 0 bridgehead atoms. The van der Waals surface area contributed by atoms with E-state index in [-0.39, 0.29) is 5.41 Å². The van der Waals surface area contributed by atoms with Crippen molar-refractivity contribution in [1.29, 1.82) is 5.26 Å². The minimum Gasteiger partial charge on any atom is -0.696 e. The van der Waals surface area contributed by atoms with E-state index in [0.29, 0.717) is 18.6 Å². The van der Waals surface area contributed by atoms with E-state index in [9.17, 15) is 0 Å². The van der Waals surface area contributed by atoms with Gasteiger partial charge in [0.1, 0.15) is 25.4 Å². The summed E-state index contributed by atoms with van der Waals surface area (Å²) in [7, 11) is 4.49. The van der Waals surface area contributed by atoms with Crippen LogP contribution in [0.15, 0.2) is 54.6 Å². The molecule has 0 N–H and O–H groups in total. The number of hydrogen-bond acceptors (Lipinski definition) is 4. The van der Waals surface area contributed by atoms with E-state index in [1.54, 1.807) is 0 Å². The van der Waals surface area contributed by atoms with Crippen molar-refractivity contribution < 1.29 is 14.0 Å². The molecule has 0 heterocycles. The van der Waals surface area contributed by atoms with Gasteiger partial charge in [-0.1, -0.05) is 82.5 Å². The number of hydrogen-bond donors (Lipinski definition) is 0. The van der Waals surface area contributed by atoms with Gasteiger partial charge in [-0.2, -0.15) is 0 Å². The molecule has 0 aliphatic carbocycles. The van der Waals surface area contributed by atoms with Gasteiger partial charge in [-0.3, -0.25) is 0 Å². The third kappa shape index (κ3) is 12.6. The zero-order valence-electron chi connectivity index (χ0n) is 21.6. The lowest BCUT2D eigenvalue weighted by molar-refractivity contribution is -0.904. The first-order valence-electron chi connectivity index (χ1n) is 11.6. The largest absolute Gasteiger partial charge is 0.696 e. The van der Waals surface area contributed by atoms with Crippen molar-refractivity contribution in [3.05, 3.63) is 65.7 Å². The summed E-state index contributed by atoms with van der Waals surface area (Å²) in [6.07, 6.45) is 1.15. The van der Waals surface area contributed by atoms with E-state index in [1.165, 1.54) is 16.5 Å². The van der Waals surface area contributed by atoms with Gasteiger partial charge in [-0.25, -0.2) is 5.26 Å². The van der Waals surface area contributed by atoms with Crippen LogP contribution in [0.2, 0.25) is 0 Å². The molecule has 5 heteroatoms. The highest BCUT2D eigenvalue weighted by molar-refractivity contribution is 7.64. The number of ether oxygens (including phenoxy) is 2. The van der Waals surface area contributed by atoms with Gasteiger partial charge in [0, 0.05) is 5.56 Å².